The van der Waals surface area contributed by atoms with Gasteiger partial charge in [-0.3, -0.25) is 0 Å². The quantitative estimate of drug-likeness (QED) is 0.848. The normalized spacial score (nSPS) is 13.8. The second-order valence-corrected chi connectivity index (χ2v) is 5.77. The van der Waals surface area contributed by atoms with Crippen molar-refractivity contribution < 1.29 is 0 Å². The molecule has 3 rings (SSSR count). The predicted octanol–water partition coefficient (Wildman–Crippen LogP) is 3.19. The van der Waals surface area contributed by atoms with E-state index in [2.05, 4.69) is 51.2 Å². The Kier molecular flexibility index (Phi) is 4.51. The fraction of sp³-hybridized carbons (Fsp3) is 0.471. The van der Waals surface area contributed by atoms with E-state index in [0.29, 0.717) is 5.95 Å². The summed E-state index contributed by atoms with van der Waals surface area (Å²) in [5.74, 6) is 1.59. The second-order valence-electron chi connectivity index (χ2n) is 5.77. The van der Waals surface area contributed by atoms with Crippen molar-refractivity contribution in [2.24, 2.45) is 0 Å². The van der Waals surface area contributed by atoms with Crippen molar-refractivity contribution in [1.82, 2.24) is 15.2 Å². The minimum Gasteiger partial charge on any atom is -0.343 e. The molecule has 1 aliphatic rings. The van der Waals surface area contributed by atoms with Gasteiger partial charge in [0.25, 0.3) is 0 Å². The summed E-state index contributed by atoms with van der Waals surface area (Å²) < 4.78 is 0. The zero-order valence-corrected chi connectivity index (χ0v) is 13.4. The molecule has 0 fully saturated rings. The number of para-hydroxylation sites is 1. The number of hydrogen-bond acceptors (Lipinski definition) is 5. The molecule has 1 aromatic carbocycles. The van der Waals surface area contributed by atoms with E-state index in [9.17, 15) is 0 Å². The molecule has 0 N–H and O–H groups in total. The minimum atomic E-state index is 0.703. The minimum absolute atomic E-state index is 0.703. The van der Waals surface area contributed by atoms with Gasteiger partial charge in [-0.1, -0.05) is 31.5 Å². The monoisotopic (exact) mass is 297 g/mol. The van der Waals surface area contributed by atoms with Crippen molar-refractivity contribution in [2.75, 3.05) is 29.9 Å². The third kappa shape index (κ3) is 3.03. The lowest BCUT2D eigenvalue weighted by molar-refractivity contribution is 0.728. The van der Waals surface area contributed by atoms with Crippen LogP contribution in [0.2, 0.25) is 0 Å². The second kappa shape index (κ2) is 6.73. The van der Waals surface area contributed by atoms with Crippen LogP contribution in [0.1, 0.15) is 31.7 Å². The molecule has 0 aliphatic carbocycles. The zero-order chi connectivity index (χ0) is 15.4. The first kappa shape index (κ1) is 14.8. The Balaban J connectivity index is 1.87. The first-order valence-corrected chi connectivity index (χ1v) is 8.06. The van der Waals surface area contributed by atoms with Gasteiger partial charge in [0.2, 0.25) is 5.95 Å². The van der Waals surface area contributed by atoms with Crippen molar-refractivity contribution in [3.8, 4) is 0 Å². The fourth-order valence-corrected chi connectivity index (χ4v) is 2.84. The molecule has 0 amide bonds. The van der Waals surface area contributed by atoms with Gasteiger partial charge in [0, 0.05) is 25.8 Å². The van der Waals surface area contributed by atoms with Crippen LogP contribution in [0.25, 0.3) is 0 Å². The molecular weight excluding hydrogens is 274 g/mol. The van der Waals surface area contributed by atoms with Gasteiger partial charge in [0.15, 0.2) is 5.82 Å². The molecule has 22 heavy (non-hydrogen) atoms. The number of aromatic nitrogens is 3. The van der Waals surface area contributed by atoms with Gasteiger partial charge in [-0.25, -0.2) is 0 Å². The Bertz CT molecular complexity index is 628. The number of benzene rings is 1. The lowest BCUT2D eigenvalue weighted by Crippen LogP contribution is -2.27. The molecule has 5 heteroatoms. The topological polar surface area (TPSA) is 45.2 Å². The Morgan fingerprint density at radius 3 is 3.00 bits per heavy atom. The molecule has 116 valence electrons. The molecule has 0 bridgehead atoms. The van der Waals surface area contributed by atoms with Crippen LogP contribution in [0, 0.1) is 0 Å². The number of hydrogen-bond donors (Lipinski definition) is 0. The largest absolute Gasteiger partial charge is 0.343 e. The molecule has 5 nitrogen and oxygen atoms in total. The van der Waals surface area contributed by atoms with Crippen LogP contribution < -0.4 is 9.80 Å². The highest BCUT2D eigenvalue weighted by Crippen LogP contribution is 2.32. The van der Waals surface area contributed by atoms with Crippen molar-refractivity contribution in [3.05, 3.63) is 36.0 Å². The van der Waals surface area contributed by atoms with E-state index in [1.807, 2.05) is 7.05 Å². The highest BCUT2D eigenvalue weighted by atomic mass is 15.3. The summed E-state index contributed by atoms with van der Waals surface area (Å²) in [6, 6.07) is 8.55. The Morgan fingerprint density at radius 2 is 2.14 bits per heavy atom. The lowest BCUT2D eigenvalue weighted by Gasteiger charge is -2.30. The van der Waals surface area contributed by atoms with Gasteiger partial charge >= 0.3 is 0 Å². The van der Waals surface area contributed by atoms with Crippen molar-refractivity contribution in [1.29, 1.82) is 0 Å². The van der Waals surface area contributed by atoms with Crippen molar-refractivity contribution in [2.45, 2.75) is 32.6 Å². The molecule has 1 aliphatic heterocycles. The van der Waals surface area contributed by atoms with E-state index in [1.54, 1.807) is 6.20 Å². The summed E-state index contributed by atoms with van der Waals surface area (Å²) in [6.07, 6.45) is 6.34. The van der Waals surface area contributed by atoms with Gasteiger partial charge < -0.3 is 9.80 Å². The molecule has 1 aromatic heterocycles. The fourth-order valence-electron chi connectivity index (χ4n) is 2.84. The van der Waals surface area contributed by atoms with Crippen LogP contribution in [0.15, 0.2) is 30.5 Å². The summed E-state index contributed by atoms with van der Waals surface area (Å²) in [5, 5.41) is 8.35. The zero-order valence-electron chi connectivity index (χ0n) is 13.4. The van der Waals surface area contributed by atoms with Crippen LogP contribution in [0.4, 0.5) is 17.5 Å². The molecular formula is C17H23N5. The van der Waals surface area contributed by atoms with Crippen LogP contribution in [-0.2, 0) is 6.42 Å². The number of rotatable bonds is 5. The van der Waals surface area contributed by atoms with Gasteiger partial charge in [0.05, 0.1) is 6.20 Å². The summed E-state index contributed by atoms with van der Waals surface area (Å²) >= 11 is 0. The van der Waals surface area contributed by atoms with E-state index in [1.165, 1.54) is 11.3 Å². The van der Waals surface area contributed by atoms with E-state index in [4.69, 9.17) is 4.98 Å². The first-order valence-electron chi connectivity index (χ1n) is 8.06. The summed E-state index contributed by atoms with van der Waals surface area (Å²) in [6.45, 7) is 4.13. The molecule has 0 unspecified atom stereocenters. The maximum Gasteiger partial charge on any atom is 0.247 e. The molecule has 2 heterocycles. The number of unbranched alkanes of at least 4 members (excludes halogenated alkanes) is 1. The van der Waals surface area contributed by atoms with E-state index < -0.39 is 0 Å². The molecule has 0 radical (unpaired) electrons. The number of fused-ring (bicyclic) bond motifs is 1. The van der Waals surface area contributed by atoms with Crippen LogP contribution >= 0.6 is 0 Å². The van der Waals surface area contributed by atoms with E-state index >= 15 is 0 Å². The first-order chi connectivity index (χ1) is 10.8. The molecule has 0 spiro atoms. The van der Waals surface area contributed by atoms with Crippen LogP contribution in [-0.4, -0.2) is 35.3 Å². The number of aryl methyl sites for hydroxylation is 1. The molecule has 0 saturated heterocycles. The van der Waals surface area contributed by atoms with Gasteiger partial charge in [-0.05, 0) is 30.9 Å². The maximum atomic E-state index is 4.73. The summed E-state index contributed by atoms with van der Waals surface area (Å²) in [7, 11) is 2.03. The van der Waals surface area contributed by atoms with Crippen molar-refractivity contribution in [3.63, 3.8) is 0 Å². The van der Waals surface area contributed by atoms with E-state index in [-0.39, 0.29) is 0 Å². The Labute approximate surface area is 132 Å². The number of nitrogens with zero attached hydrogens (tertiary/aromatic N) is 5. The standard InChI is InChI=1S/C17H23N5/c1-3-4-11-21(2)17-19-16(13-18-20-17)22-12-7-9-14-8-5-6-10-15(14)22/h5-6,8,10,13H,3-4,7,9,11-12H2,1-2H3. The van der Waals surface area contributed by atoms with Crippen LogP contribution in [0.5, 0.6) is 0 Å². The van der Waals surface area contributed by atoms with Gasteiger partial charge in [0.1, 0.15) is 0 Å². The third-order valence-corrected chi connectivity index (χ3v) is 4.11. The molecule has 2 aromatic rings. The van der Waals surface area contributed by atoms with Gasteiger partial charge in [-0.2, -0.15) is 10.1 Å². The summed E-state index contributed by atoms with van der Waals surface area (Å²) in [5.41, 5.74) is 2.63. The van der Waals surface area contributed by atoms with Gasteiger partial charge in [-0.15, -0.1) is 5.10 Å². The molecule has 0 saturated carbocycles. The smallest absolute Gasteiger partial charge is 0.247 e. The maximum absolute atomic E-state index is 4.73. The SMILES string of the molecule is CCCCN(C)c1nncc(N2CCCc3ccccc32)n1. The highest BCUT2D eigenvalue weighted by molar-refractivity contribution is 5.65. The van der Waals surface area contributed by atoms with E-state index in [0.717, 1.165) is 44.6 Å². The Morgan fingerprint density at radius 1 is 1.27 bits per heavy atom. The lowest BCUT2D eigenvalue weighted by atomic mass is 10.0. The molecule has 0 atom stereocenters. The third-order valence-electron chi connectivity index (χ3n) is 4.11. The predicted molar refractivity (Wildman–Crippen MR) is 89.8 cm³/mol. The Hall–Kier alpha value is -2.17. The average molecular weight is 297 g/mol. The van der Waals surface area contributed by atoms with Crippen molar-refractivity contribution >= 4 is 17.5 Å². The average Bonchev–Trinajstić information content (AvgIpc) is 2.59. The number of anilines is 3. The van der Waals surface area contributed by atoms with Crippen LogP contribution in [0.3, 0.4) is 0 Å². The highest BCUT2D eigenvalue weighted by Gasteiger charge is 2.20. The summed E-state index contributed by atoms with van der Waals surface area (Å²) in [4.78, 5) is 9.06.